The number of hydrogen-bond acceptors (Lipinski definition) is 5. The number of halogens is 1. The molecule has 0 unspecified atom stereocenters. The number of ether oxygens (including phenoxy) is 1. The molecular weight excluding hydrogens is 480 g/mol. The molecule has 0 atom stereocenters. The van der Waals surface area contributed by atoms with E-state index in [4.69, 9.17) is 4.74 Å². The highest BCUT2D eigenvalue weighted by atomic mass is 79.9. The molecule has 3 aromatic heterocycles. The van der Waals surface area contributed by atoms with Gasteiger partial charge in [-0.1, -0.05) is 40.2 Å². The second-order valence-corrected chi connectivity index (χ2v) is 8.91. The Hall–Kier alpha value is -3.17. The van der Waals surface area contributed by atoms with E-state index in [2.05, 4.69) is 21.0 Å². The first-order valence-electron chi connectivity index (χ1n) is 9.52. The summed E-state index contributed by atoms with van der Waals surface area (Å²) in [6, 6.07) is 17.0. The summed E-state index contributed by atoms with van der Waals surface area (Å²) in [5.74, 6) is 1.07. The number of nitrogens with zero attached hydrogens (tertiary/aromatic N) is 4. The Balaban J connectivity index is 1.69. The van der Waals surface area contributed by atoms with Crippen molar-refractivity contribution in [2.24, 2.45) is 0 Å². The number of rotatable bonds is 5. The van der Waals surface area contributed by atoms with Crippen LogP contribution in [0.15, 0.2) is 74.0 Å². The van der Waals surface area contributed by atoms with E-state index < -0.39 is 0 Å². The molecular formula is C22H17BrN4O3S. The van der Waals surface area contributed by atoms with Crippen LogP contribution in [0.4, 0.5) is 0 Å². The minimum absolute atomic E-state index is 0.159. The Morgan fingerprint density at radius 1 is 1.03 bits per heavy atom. The fourth-order valence-corrected chi connectivity index (χ4v) is 4.87. The summed E-state index contributed by atoms with van der Waals surface area (Å²) in [4.78, 5) is 26.5. The Labute approximate surface area is 188 Å². The van der Waals surface area contributed by atoms with Gasteiger partial charge in [-0.05, 0) is 46.8 Å². The normalized spacial score (nSPS) is 11.4. The van der Waals surface area contributed by atoms with E-state index in [0.717, 1.165) is 21.3 Å². The summed E-state index contributed by atoms with van der Waals surface area (Å²) >= 11 is 4.79. The number of benzene rings is 2. The zero-order valence-corrected chi connectivity index (χ0v) is 18.9. The van der Waals surface area contributed by atoms with Crippen LogP contribution in [-0.2, 0) is 13.1 Å². The molecule has 3 heterocycles. The van der Waals surface area contributed by atoms with Gasteiger partial charge in [0.25, 0.3) is 5.56 Å². The third kappa shape index (κ3) is 3.49. The third-order valence-corrected chi connectivity index (χ3v) is 6.49. The Bertz CT molecular complexity index is 1530. The standard InChI is InChI=1S/C22H17BrN4O3S/c1-30-17-7-5-14(6-8-17)12-25-20(28)19-18(9-10-31-19)27-21(25)24-26(22(27)29)13-15-3-2-4-16(23)11-15/h2-11H,12-13H2,1H3. The van der Waals surface area contributed by atoms with Gasteiger partial charge in [-0.2, -0.15) is 0 Å². The topological polar surface area (TPSA) is 70.5 Å². The fourth-order valence-electron chi connectivity index (χ4n) is 3.60. The molecule has 0 fully saturated rings. The highest BCUT2D eigenvalue weighted by molar-refractivity contribution is 9.10. The Kier molecular flexibility index (Phi) is 4.99. The van der Waals surface area contributed by atoms with Crippen LogP contribution in [-0.4, -0.2) is 25.9 Å². The summed E-state index contributed by atoms with van der Waals surface area (Å²) in [5, 5.41) is 6.37. The molecule has 0 radical (unpaired) electrons. The van der Waals surface area contributed by atoms with Crippen molar-refractivity contribution in [3.8, 4) is 5.75 Å². The smallest absolute Gasteiger partial charge is 0.352 e. The van der Waals surface area contributed by atoms with Gasteiger partial charge in [0.15, 0.2) is 0 Å². The van der Waals surface area contributed by atoms with Crippen LogP contribution in [0.1, 0.15) is 11.1 Å². The maximum atomic E-state index is 13.3. The van der Waals surface area contributed by atoms with E-state index in [-0.39, 0.29) is 11.2 Å². The first-order chi connectivity index (χ1) is 15.0. The van der Waals surface area contributed by atoms with Gasteiger partial charge < -0.3 is 4.74 Å². The average molecular weight is 497 g/mol. The van der Waals surface area contributed by atoms with E-state index in [0.29, 0.717) is 29.1 Å². The Morgan fingerprint density at radius 3 is 2.58 bits per heavy atom. The van der Waals surface area contributed by atoms with Crippen molar-refractivity contribution in [3.63, 3.8) is 0 Å². The molecule has 0 aliphatic carbocycles. The molecule has 0 amide bonds. The van der Waals surface area contributed by atoms with Gasteiger partial charge in [-0.15, -0.1) is 16.4 Å². The van der Waals surface area contributed by atoms with Crippen molar-refractivity contribution in [2.75, 3.05) is 7.11 Å². The average Bonchev–Trinajstić information content (AvgIpc) is 3.37. The number of thiophene rings is 1. The summed E-state index contributed by atoms with van der Waals surface area (Å²) in [6.45, 7) is 0.607. The highest BCUT2D eigenvalue weighted by Gasteiger charge is 2.18. The van der Waals surface area contributed by atoms with Crippen LogP contribution in [0.2, 0.25) is 0 Å². The quantitative estimate of drug-likeness (QED) is 0.371. The third-order valence-electron chi connectivity index (χ3n) is 5.11. The highest BCUT2D eigenvalue weighted by Crippen LogP contribution is 2.19. The van der Waals surface area contributed by atoms with Crippen molar-refractivity contribution >= 4 is 43.3 Å². The van der Waals surface area contributed by atoms with Gasteiger partial charge in [-0.3, -0.25) is 9.36 Å². The van der Waals surface area contributed by atoms with Crippen LogP contribution in [0.25, 0.3) is 16.0 Å². The molecule has 0 aliphatic rings. The second kappa shape index (κ2) is 7.82. The molecule has 9 heteroatoms. The van der Waals surface area contributed by atoms with Crippen molar-refractivity contribution in [2.45, 2.75) is 13.1 Å². The molecule has 7 nitrogen and oxygen atoms in total. The minimum Gasteiger partial charge on any atom is -0.497 e. The monoisotopic (exact) mass is 496 g/mol. The molecule has 0 N–H and O–H groups in total. The molecule has 0 bridgehead atoms. The van der Waals surface area contributed by atoms with Crippen LogP contribution in [0.3, 0.4) is 0 Å². The summed E-state index contributed by atoms with van der Waals surface area (Å²) in [5.41, 5.74) is 2.00. The summed E-state index contributed by atoms with van der Waals surface area (Å²) in [7, 11) is 1.61. The van der Waals surface area contributed by atoms with Crippen LogP contribution in [0.5, 0.6) is 5.75 Å². The number of methoxy groups -OCH3 is 1. The van der Waals surface area contributed by atoms with E-state index in [1.807, 2.05) is 53.9 Å². The maximum Gasteiger partial charge on any atom is 0.352 e. The molecule has 156 valence electrons. The van der Waals surface area contributed by atoms with Crippen LogP contribution >= 0.6 is 27.3 Å². The molecule has 0 spiro atoms. The summed E-state index contributed by atoms with van der Waals surface area (Å²) < 4.78 is 11.2. The van der Waals surface area contributed by atoms with Gasteiger partial charge in [-0.25, -0.2) is 13.9 Å². The van der Waals surface area contributed by atoms with E-state index in [1.165, 1.54) is 20.4 Å². The van der Waals surface area contributed by atoms with Gasteiger partial charge in [0.1, 0.15) is 10.4 Å². The van der Waals surface area contributed by atoms with Crippen LogP contribution < -0.4 is 16.0 Å². The zero-order valence-electron chi connectivity index (χ0n) is 16.5. The van der Waals surface area contributed by atoms with Crippen molar-refractivity contribution in [1.82, 2.24) is 18.7 Å². The lowest BCUT2D eigenvalue weighted by atomic mass is 10.2. The molecule has 0 aliphatic heterocycles. The Morgan fingerprint density at radius 2 is 1.84 bits per heavy atom. The lowest BCUT2D eigenvalue weighted by Gasteiger charge is -2.08. The van der Waals surface area contributed by atoms with Gasteiger partial charge in [0.05, 0.1) is 25.7 Å². The first kappa shape index (κ1) is 19.8. The zero-order chi connectivity index (χ0) is 21.5. The van der Waals surface area contributed by atoms with Gasteiger partial charge >= 0.3 is 5.69 Å². The fraction of sp³-hybridized carbons (Fsp3) is 0.136. The molecule has 2 aromatic carbocycles. The maximum absolute atomic E-state index is 13.3. The summed E-state index contributed by atoms with van der Waals surface area (Å²) in [6.07, 6.45) is 0. The van der Waals surface area contributed by atoms with Crippen molar-refractivity contribution in [3.05, 3.63) is 96.4 Å². The van der Waals surface area contributed by atoms with Gasteiger partial charge in [0.2, 0.25) is 5.78 Å². The lowest BCUT2D eigenvalue weighted by molar-refractivity contribution is 0.414. The second-order valence-electron chi connectivity index (χ2n) is 7.08. The number of aromatic nitrogens is 4. The van der Waals surface area contributed by atoms with Crippen molar-refractivity contribution in [1.29, 1.82) is 0 Å². The van der Waals surface area contributed by atoms with Crippen LogP contribution in [0, 0.1) is 0 Å². The molecule has 5 rings (SSSR count). The minimum atomic E-state index is -0.276. The van der Waals surface area contributed by atoms with E-state index >= 15 is 0 Å². The van der Waals surface area contributed by atoms with E-state index in [1.54, 1.807) is 17.7 Å². The number of hydrogen-bond donors (Lipinski definition) is 0. The molecule has 5 aromatic rings. The molecule has 0 saturated heterocycles. The largest absolute Gasteiger partial charge is 0.497 e. The predicted molar refractivity (Wildman–Crippen MR) is 124 cm³/mol. The van der Waals surface area contributed by atoms with Crippen molar-refractivity contribution < 1.29 is 4.74 Å². The first-order valence-corrected chi connectivity index (χ1v) is 11.2. The van der Waals surface area contributed by atoms with Gasteiger partial charge in [0, 0.05) is 4.47 Å². The molecule has 31 heavy (non-hydrogen) atoms. The lowest BCUT2D eigenvalue weighted by Crippen LogP contribution is -2.26. The van der Waals surface area contributed by atoms with E-state index in [9.17, 15) is 9.59 Å². The molecule has 0 saturated carbocycles. The SMILES string of the molecule is COc1ccc(Cn2c(=O)c3sccc3n3c(=O)n(Cc4cccc(Br)c4)nc23)cc1. The predicted octanol–water partition coefficient (Wildman–Crippen LogP) is 3.74. The number of fused-ring (bicyclic) bond motifs is 3.